The maximum Gasteiger partial charge on any atom is 0.305 e. The highest BCUT2D eigenvalue weighted by Crippen LogP contribution is 2.32. The molecule has 0 radical (unpaired) electrons. The number of likely N-dealkylation sites (N-methyl/N-ethyl adjacent to an activating group) is 1. The van der Waals surface area contributed by atoms with Gasteiger partial charge in [0.15, 0.2) is 11.6 Å². The van der Waals surface area contributed by atoms with E-state index in [1.165, 1.54) is 18.2 Å². The molecular formula is C23H22F2N2O6. The van der Waals surface area contributed by atoms with Crippen molar-refractivity contribution in [2.24, 2.45) is 0 Å². The third-order valence-corrected chi connectivity index (χ3v) is 5.85. The van der Waals surface area contributed by atoms with Gasteiger partial charge in [-0.25, -0.2) is 8.78 Å². The molecule has 1 fully saturated rings. The molecule has 0 bridgehead atoms. The first-order valence-corrected chi connectivity index (χ1v) is 10.4. The molecule has 10 heteroatoms. The second-order valence-corrected chi connectivity index (χ2v) is 8.06. The van der Waals surface area contributed by atoms with Gasteiger partial charge < -0.3 is 24.8 Å². The van der Waals surface area contributed by atoms with Crippen molar-refractivity contribution >= 4 is 23.5 Å². The largest absolute Gasteiger partial charge is 0.490 e. The molecule has 2 heterocycles. The smallest absolute Gasteiger partial charge is 0.305 e. The van der Waals surface area contributed by atoms with Crippen LogP contribution >= 0.6 is 0 Å². The summed E-state index contributed by atoms with van der Waals surface area (Å²) in [6, 6.07) is 7.03. The van der Waals surface area contributed by atoms with E-state index in [2.05, 4.69) is 5.32 Å². The van der Waals surface area contributed by atoms with Crippen LogP contribution in [0.5, 0.6) is 5.75 Å². The molecule has 0 aliphatic carbocycles. The van der Waals surface area contributed by atoms with Crippen molar-refractivity contribution in [1.82, 2.24) is 4.90 Å². The number of fused-ring (bicyclic) bond motifs is 2. The fourth-order valence-corrected chi connectivity index (χ4v) is 4.14. The van der Waals surface area contributed by atoms with Gasteiger partial charge in [0.05, 0.1) is 24.1 Å². The Kier molecular flexibility index (Phi) is 6.28. The Morgan fingerprint density at radius 3 is 2.67 bits per heavy atom. The number of carboxylic acid groups (broad SMARTS) is 1. The van der Waals surface area contributed by atoms with Crippen molar-refractivity contribution in [3.05, 3.63) is 59.2 Å². The summed E-state index contributed by atoms with van der Waals surface area (Å²) in [5, 5.41) is 11.6. The van der Waals surface area contributed by atoms with Gasteiger partial charge in [-0.2, -0.15) is 0 Å². The van der Waals surface area contributed by atoms with E-state index in [9.17, 15) is 23.2 Å². The number of carboxylic acids is 1. The predicted octanol–water partition coefficient (Wildman–Crippen LogP) is 3.07. The molecule has 1 saturated heterocycles. The number of ether oxygens (including phenoxy) is 2. The number of benzene rings is 2. The van der Waals surface area contributed by atoms with E-state index in [0.29, 0.717) is 18.6 Å². The van der Waals surface area contributed by atoms with Crippen LogP contribution in [0.1, 0.15) is 40.0 Å². The molecule has 0 spiro atoms. The number of amides is 2. The fraction of sp³-hybridized carbons (Fsp3) is 0.348. The standard InChI is InChI=1S/C23H22F2N2O6/c1-27-18-6-4-14(10-21(28)29)33-20(18)11-32-19-7-3-13(9-15(19)23(27)31)26-22(30)12-2-5-16(24)17(25)8-12/h2-3,5,7-9,14,18,20H,4,6,10-11H2,1H3,(H,26,30)(H,28,29)/t14-,18-,20-/m1/s1. The zero-order valence-corrected chi connectivity index (χ0v) is 17.7. The summed E-state index contributed by atoms with van der Waals surface area (Å²) in [5.74, 6) is -3.85. The average Bonchev–Trinajstić information content (AvgIpc) is 2.78. The molecule has 0 saturated carbocycles. The molecule has 8 nitrogen and oxygen atoms in total. The molecule has 2 aliphatic rings. The van der Waals surface area contributed by atoms with Crippen molar-refractivity contribution in [2.75, 3.05) is 19.0 Å². The molecule has 33 heavy (non-hydrogen) atoms. The number of anilines is 1. The van der Waals surface area contributed by atoms with Crippen LogP contribution in [0.25, 0.3) is 0 Å². The fourth-order valence-electron chi connectivity index (χ4n) is 4.14. The summed E-state index contributed by atoms with van der Waals surface area (Å²) in [7, 11) is 1.64. The van der Waals surface area contributed by atoms with E-state index in [1.54, 1.807) is 11.9 Å². The number of carbonyl (C=O) groups excluding carboxylic acids is 2. The highest BCUT2D eigenvalue weighted by atomic mass is 19.2. The zero-order chi connectivity index (χ0) is 23.7. The summed E-state index contributed by atoms with van der Waals surface area (Å²) in [4.78, 5) is 38.2. The predicted molar refractivity (Wildman–Crippen MR) is 112 cm³/mol. The van der Waals surface area contributed by atoms with Gasteiger partial charge in [0.25, 0.3) is 11.8 Å². The first-order valence-electron chi connectivity index (χ1n) is 10.4. The molecule has 2 aliphatic heterocycles. The zero-order valence-electron chi connectivity index (χ0n) is 17.7. The third kappa shape index (κ3) is 4.80. The SMILES string of the molecule is CN1C(=O)c2cc(NC(=O)c3ccc(F)c(F)c3)ccc2OC[C@H]2O[C@@H](CC(=O)O)CC[C@H]21. The van der Waals surface area contributed by atoms with Crippen molar-refractivity contribution in [3.8, 4) is 5.75 Å². The first kappa shape index (κ1) is 22.7. The van der Waals surface area contributed by atoms with Crippen molar-refractivity contribution < 1.29 is 37.7 Å². The number of hydrogen-bond acceptors (Lipinski definition) is 5. The van der Waals surface area contributed by atoms with E-state index < -0.39 is 35.7 Å². The minimum Gasteiger partial charge on any atom is -0.490 e. The Bertz CT molecular complexity index is 1110. The first-order chi connectivity index (χ1) is 15.7. The van der Waals surface area contributed by atoms with E-state index in [-0.39, 0.29) is 41.8 Å². The van der Waals surface area contributed by atoms with Gasteiger partial charge in [-0.15, -0.1) is 0 Å². The lowest BCUT2D eigenvalue weighted by Crippen LogP contribution is -2.53. The lowest BCUT2D eigenvalue weighted by atomic mass is 9.94. The number of rotatable bonds is 4. The molecular weight excluding hydrogens is 438 g/mol. The van der Waals surface area contributed by atoms with Crippen LogP contribution in [-0.2, 0) is 9.53 Å². The van der Waals surface area contributed by atoms with Gasteiger partial charge in [-0.3, -0.25) is 14.4 Å². The topological polar surface area (TPSA) is 105 Å². The van der Waals surface area contributed by atoms with E-state index in [4.69, 9.17) is 14.6 Å². The molecule has 2 N–H and O–H groups in total. The quantitative estimate of drug-likeness (QED) is 0.727. The van der Waals surface area contributed by atoms with Crippen LogP contribution in [0.2, 0.25) is 0 Å². The summed E-state index contributed by atoms with van der Waals surface area (Å²) in [6.45, 7) is 0.131. The van der Waals surface area contributed by atoms with Crippen LogP contribution in [0.4, 0.5) is 14.5 Å². The Balaban J connectivity index is 1.53. The number of nitrogens with zero attached hydrogens (tertiary/aromatic N) is 1. The Labute approximate surface area is 188 Å². The summed E-state index contributed by atoms with van der Waals surface area (Å²) < 4.78 is 38.3. The highest BCUT2D eigenvalue weighted by molar-refractivity contribution is 6.05. The van der Waals surface area contributed by atoms with Crippen molar-refractivity contribution in [3.63, 3.8) is 0 Å². The molecule has 0 aromatic heterocycles. The Morgan fingerprint density at radius 1 is 1.15 bits per heavy atom. The number of carbonyl (C=O) groups is 3. The molecule has 3 atom stereocenters. The maximum atomic E-state index is 13.4. The minimum absolute atomic E-state index is 0.0709. The number of nitrogens with one attached hydrogen (secondary N) is 1. The van der Waals surface area contributed by atoms with Gasteiger partial charge in [-0.1, -0.05) is 0 Å². The normalized spacial score (nSPS) is 22.3. The average molecular weight is 460 g/mol. The maximum absolute atomic E-state index is 13.4. The second-order valence-electron chi connectivity index (χ2n) is 8.06. The lowest BCUT2D eigenvalue weighted by Gasteiger charge is -2.42. The summed E-state index contributed by atoms with van der Waals surface area (Å²) in [5.41, 5.74) is 0.442. The van der Waals surface area contributed by atoms with Crippen LogP contribution in [0.15, 0.2) is 36.4 Å². The van der Waals surface area contributed by atoms with Crippen LogP contribution < -0.4 is 10.1 Å². The molecule has 0 unspecified atom stereocenters. The summed E-state index contributed by atoms with van der Waals surface area (Å²) >= 11 is 0. The van der Waals surface area contributed by atoms with Crippen LogP contribution in [0.3, 0.4) is 0 Å². The Morgan fingerprint density at radius 2 is 1.94 bits per heavy atom. The molecule has 2 aromatic rings. The van der Waals surface area contributed by atoms with Gasteiger partial charge in [0, 0.05) is 18.3 Å². The van der Waals surface area contributed by atoms with Gasteiger partial charge >= 0.3 is 5.97 Å². The number of hydrogen-bond donors (Lipinski definition) is 2. The second kappa shape index (κ2) is 9.14. The van der Waals surface area contributed by atoms with Gasteiger partial charge in [-0.05, 0) is 49.2 Å². The van der Waals surface area contributed by atoms with E-state index in [1.807, 2.05) is 0 Å². The molecule has 174 valence electrons. The van der Waals surface area contributed by atoms with Gasteiger partial charge in [0.2, 0.25) is 0 Å². The summed E-state index contributed by atoms with van der Waals surface area (Å²) in [6.07, 6.45) is 0.0400. The number of aliphatic carboxylic acids is 1. The van der Waals surface area contributed by atoms with E-state index in [0.717, 1.165) is 18.2 Å². The molecule has 4 rings (SSSR count). The highest BCUT2D eigenvalue weighted by Gasteiger charge is 2.39. The van der Waals surface area contributed by atoms with Gasteiger partial charge in [0.1, 0.15) is 18.5 Å². The van der Waals surface area contributed by atoms with E-state index >= 15 is 0 Å². The van der Waals surface area contributed by atoms with Crippen LogP contribution in [0, 0.1) is 11.6 Å². The monoisotopic (exact) mass is 460 g/mol. The van der Waals surface area contributed by atoms with Crippen LogP contribution in [-0.4, -0.2) is 59.7 Å². The lowest BCUT2D eigenvalue weighted by molar-refractivity contribution is -0.148. The number of halogens is 2. The molecule has 2 amide bonds. The molecule has 2 aromatic carbocycles. The minimum atomic E-state index is -1.14. The van der Waals surface area contributed by atoms with Crippen molar-refractivity contribution in [2.45, 2.75) is 37.5 Å². The van der Waals surface area contributed by atoms with Crippen molar-refractivity contribution in [1.29, 1.82) is 0 Å². The third-order valence-electron chi connectivity index (χ3n) is 5.85. The Hall–Kier alpha value is -3.53.